The Morgan fingerprint density at radius 1 is 1.10 bits per heavy atom. The number of nitrogens with zero attached hydrogens (tertiary/aromatic N) is 2. The molecule has 0 aliphatic heterocycles. The van der Waals surface area contributed by atoms with Crippen molar-refractivity contribution in [2.45, 2.75) is 0 Å². The molecule has 0 spiro atoms. The fourth-order valence-electron chi connectivity index (χ4n) is 2.00. The van der Waals surface area contributed by atoms with E-state index in [2.05, 4.69) is 20.9 Å². The van der Waals surface area contributed by atoms with E-state index in [4.69, 9.17) is 15.7 Å². The highest BCUT2D eigenvalue weighted by molar-refractivity contribution is 9.10. The number of ether oxygens (including phenoxy) is 1. The van der Waals surface area contributed by atoms with Crippen molar-refractivity contribution in [1.82, 2.24) is 4.98 Å². The van der Waals surface area contributed by atoms with Crippen LogP contribution in [0.4, 0.5) is 5.69 Å². The lowest BCUT2D eigenvalue weighted by Gasteiger charge is -2.09. The molecule has 5 heteroatoms. The van der Waals surface area contributed by atoms with Gasteiger partial charge >= 0.3 is 0 Å². The summed E-state index contributed by atoms with van der Waals surface area (Å²) in [5.74, 6) is 0.964. The minimum absolute atomic E-state index is 0.157. The third-order valence-corrected chi connectivity index (χ3v) is 3.87. The lowest BCUT2D eigenvalue weighted by Crippen LogP contribution is -1.96. The van der Waals surface area contributed by atoms with E-state index in [1.807, 2.05) is 42.5 Å². The average molecular weight is 340 g/mol. The summed E-state index contributed by atoms with van der Waals surface area (Å²) in [5, 5.41) is 11.1. The summed E-state index contributed by atoms with van der Waals surface area (Å²) < 4.78 is 6.60. The first-order valence-corrected chi connectivity index (χ1v) is 7.00. The van der Waals surface area contributed by atoms with Crippen molar-refractivity contribution in [3.05, 3.63) is 58.7 Å². The molecule has 0 saturated heterocycles. The molecule has 1 aromatic heterocycles. The van der Waals surface area contributed by atoms with E-state index in [-0.39, 0.29) is 5.69 Å². The molecule has 0 saturated carbocycles. The number of pyridine rings is 1. The van der Waals surface area contributed by atoms with Crippen molar-refractivity contribution in [3.8, 4) is 17.7 Å². The van der Waals surface area contributed by atoms with Gasteiger partial charge in [0.15, 0.2) is 5.69 Å². The second-order valence-corrected chi connectivity index (χ2v) is 5.19. The lowest BCUT2D eigenvalue weighted by atomic mass is 10.1. The van der Waals surface area contributed by atoms with E-state index in [1.54, 1.807) is 12.1 Å². The summed E-state index contributed by atoms with van der Waals surface area (Å²) in [6.45, 7) is 0. The largest absolute Gasteiger partial charge is 0.438 e. The van der Waals surface area contributed by atoms with Crippen molar-refractivity contribution in [3.63, 3.8) is 0 Å². The molecule has 3 rings (SSSR count). The Morgan fingerprint density at radius 2 is 1.90 bits per heavy atom. The number of benzene rings is 2. The molecule has 3 aromatic rings. The van der Waals surface area contributed by atoms with Gasteiger partial charge in [0.2, 0.25) is 5.88 Å². The first-order chi connectivity index (χ1) is 10.2. The van der Waals surface area contributed by atoms with Gasteiger partial charge in [-0.25, -0.2) is 4.98 Å². The Hall–Kier alpha value is -2.58. The van der Waals surface area contributed by atoms with Crippen LogP contribution < -0.4 is 10.5 Å². The number of nitrogens with two attached hydrogens (primary N) is 1. The SMILES string of the molecule is N#Cc1nc(Oc2ccc3ccccc3c2Br)ccc1N. The highest BCUT2D eigenvalue weighted by atomic mass is 79.9. The molecule has 0 bridgehead atoms. The van der Waals surface area contributed by atoms with Crippen molar-refractivity contribution < 1.29 is 4.74 Å². The van der Waals surface area contributed by atoms with Crippen LogP contribution in [-0.4, -0.2) is 4.98 Å². The molecule has 1 heterocycles. The lowest BCUT2D eigenvalue weighted by molar-refractivity contribution is 0.460. The number of rotatable bonds is 2. The smallest absolute Gasteiger partial charge is 0.220 e. The maximum atomic E-state index is 8.95. The minimum Gasteiger partial charge on any atom is -0.438 e. The summed E-state index contributed by atoms with van der Waals surface area (Å²) >= 11 is 3.55. The van der Waals surface area contributed by atoms with Crippen LogP contribution in [0.2, 0.25) is 0 Å². The molecule has 0 unspecified atom stereocenters. The molecule has 0 atom stereocenters. The molecule has 102 valence electrons. The topological polar surface area (TPSA) is 71.9 Å². The maximum Gasteiger partial charge on any atom is 0.220 e. The Kier molecular flexibility index (Phi) is 3.46. The van der Waals surface area contributed by atoms with Gasteiger partial charge < -0.3 is 10.5 Å². The van der Waals surface area contributed by atoms with Crippen LogP contribution in [0.5, 0.6) is 11.6 Å². The van der Waals surface area contributed by atoms with E-state index >= 15 is 0 Å². The van der Waals surface area contributed by atoms with Gasteiger partial charge in [-0.2, -0.15) is 5.26 Å². The number of anilines is 1. The highest BCUT2D eigenvalue weighted by Gasteiger charge is 2.09. The van der Waals surface area contributed by atoms with E-state index in [1.165, 1.54) is 0 Å². The van der Waals surface area contributed by atoms with Crippen LogP contribution in [0.3, 0.4) is 0 Å². The van der Waals surface area contributed by atoms with Gasteiger partial charge in [0.25, 0.3) is 0 Å². The summed E-state index contributed by atoms with van der Waals surface area (Å²) in [7, 11) is 0. The summed E-state index contributed by atoms with van der Waals surface area (Å²) in [4.78, 5) is 4.08. The minimum atomic E-state index is 0.157. The third-order valence-electron chi connectivity index (χ3n) is 3.05. The van der Waals surface area contributed by atoms with Crippen molar-refractivity contribution in [2.75, 3.05) is 5.73 Å². The normalized spacial score (nSPS) is 10.3. The van der Waals surface area contributed by atoms with E-state index in [9.17, 15) is 0 Å². The number of halogens is 1. The van der Waals surface area contributed by atoms with E-state index < -0.39 is 0 Å². The number of fused-ring (bicyclic) bond motifs is 1. The van der Waals surface area contributed by atoms with Crippen LogP contribution >= 0.6 is 15.9 Å². The fourth-order valence-corrected chi connectivity index (χ4v) is 2.58. The number of hydrogen-bond donors (Lipinski definition) is 1. The zero-order valence-electron chi connectivity index (χ0n) is 10.9. The van der Waals surface area contributed by atoms with Crippen molar-refractivity contribution in [2.24, 2.45) is 0 Å². The summed E-state index contributed by atoms with van der Waals surface area (Å²) in [5.41, 5.74) is 6.14. The molecule has 0 aliphatic rings. The molecule has 0 aliphatic carbocycles. The molecular weight excluding hydrogens is 330 g/mol. The number of aromatic nitrogens is 1. The van der Waals surface area contributed by atoms with Gasteiger partial charge in [-0.3, -0.25) is 0 Å². The monoisotopic (exact) mass is 339 g/mol. The predicted molar refractivity (Wildman–Crippen MR) is 85.1 cm³/mol. The number of nitriles is 1. The second-order valence-electron chi connectivity index (χ2n) is 4.40. The van der Waals surface area contributed by atoms with Crippen molar-refractivity contribution in [1.29, 1.82) is 5.26 Å². The Morgan fingerprint density at radius 3 is 2.71 bits per heavy atom. The highest BCUT2D eigenvalue weighted by Crippen LogP contribution is 2.35. The predicted octanol–water partition coefficient (Wildman–Crippen LogP) is 4.24. The Labute approximate surface area is 129 Å². The summed E-state index contributed by atoms with van der Waals surface area (Å²) in [6, 6.07) is 17.0. The van der Waals surface area contributed by atoms with Gasteiger partial charge in [-0.15, -0.1) is 0 Å². The van der Waals surface area contributed by atoms with Crippen LogP contribution in [0.1, 0.15) is 5.69 Å². The van der Waals surface area contributed by atoms with Crippen LogP contribution in [0.25, 0.3) is 10.8 Å². The zero-order chi connectivity index (χ0) is 14.8. The number of nitrogen functional groups attached to an aromatic ring is 1. The third kappa shape index (κ3) is 2.54. The van der Waals surface area contributed by atoms with Crippen LogP contribution in [-0.2, 0) is 0 Å². The first kappa shape index (κ1) is 13.4. The maximum absolute atomic E-state index is 8.95. The molecular formula is C16H10BrN3O. The quantitative estimate of drug-likeness (QED) is 0.757. The van der Waals surface area contributed by atoms with Crippen LogP contribution in [0, 0.1) is 11.3 Å². The van der Waals surface area contributed by atoms with Crippen molar-refractivity contribution >= 4 is 32.4 Å². The van der Waals surface area contributed by atoms with Gasteiger partial charge in [-0.1, -0.05) is 30.3 Å². The molecule has 2 aromatic carbocycles. The first-order valence-electron chi connectivity index (χ1n) is 6.21. The molecule has 21 heavy (non-hydrogen) atoms. The van der Waals surface area contributed by atoms with Gasteiger partial charge in [-0.05, 0) is 38.8 Å². The summed E-state index contributed by atoms with van der Waals surface area (Å²) in [6.07, 6.45) is 0. The second kappa shape index (κ2) is 5.43. The van der Waals surface area contributed by atoms with Gasteiger partial charge in [0, 0.05) is 6.07 Å². The molecule has 0 amide bonds. The average Bonchev–Trinajstić information content (AvgIpc) is 2.52. The standard InChI is InChI=1S/C16H10BrN3O/c17-16-11-4-2-1-3-10(11)5-7-14(16)21-15-8-6-12(19)13(9-18)20-15/h1-8H,19H2. The van der Waals surface area contributed by atoms with E-state index in [0.717, 1.165) is 15.2 Å². The Bertz CT molecular complexity index is 871. The van der Waals surface area contributed by atoms with Gasteiger partial charge in [0.05, 0.1) is 10.2 Å². The molecule has 2 N–H and O–H groups in total. The molecule has 4 nitrogen and oxygen atoms in total. The molecule has 0 radical (unpaired) electrons. The number of hydrogen-bond acceptors (Lipinski definition) is 4. The zero-order valence-corrected chi connectivity index (χ0v) is 12.5. The fraction of sp³-hybridized carbons (Fsp3) is 0. The van der Waals surface area contributed by atoms with Gasteiger partial charge in [0.1, 0.15) is 11.8 Å². The Balaban J connectivity index is 2.02. The molecule has 0 fully saturated rings. The van der Waals surface area contributed by atoms with E-state index in [0.29, 0.717) is 17.3 Å². The van der Waals surface area contributed by atoms with Crippen LogP contribution in [0.15, 0.2) is 53.0 Å².